The lowest BCUT2D eigenvalue weighted by atomic mass is 10.1. The number of hydrogen-bond donors (Lipinski definition) is 0. The van der Waals surface area contributed by atoms with Crippen LogP contribution in [-0.2, 0) is 16.6 Å². The van der Waals surface area contributed by atoms with Crippen molar-refractivity contribution in [2.24, 2.45) is 0 Å². The van der Waals surface area contributed by atoms with Crippen LogP contribution in [0.3, 0.4) is 0 Å². The topological polar surface area (TPSA) is 87.9 Å². The zero-order chi connectivity index (χ0) is 23.9. The second-order valence-electron chi connectivity index (χ2n) is 8.19. The molecule has 0 aliphatic carbocycles. The summed E-state index contributed by atoms with van der Waals surface area (Å²) in [4.78, 5) is 20.0. The number of piperazine rings is 1. The van der Waals surface area contributed by atoms with Gasteiger partial charge in [-0.1, -0.05) is 35.1 Å². The molecule has 0 spiro atoms. The number of halogens is 1. The average molecular weight is 500 g/mol. The number of nitrogens with zero attached hydrogens (tertiary/aromatic N) is 5. The smallest absolute Gasteiger partial charge is 0.275 e. The van der Waals surface area contributed by atoms with Crippen LogP contribution in [0, 0.1) is 12.7 Å². The molecule has 0 atom stereocenters. The molecule has 1 aliphatic heterocycles. The Balaban J connectivity index is 1.30. The van der Waals surface area contributed by atoms with Crippen LogP contribution in [0.2, 0.25) is 0 Å². The fraction of sp³-hybridized carbons (Fsp3) is 0.261. The number of hydrogen-bond acceptors (Lipinski definition) is 7. The maximum atomic E-state index is 13.2. The standard InChI is InChI=1S/C23H22FN5O3S2/c1-16-3-2-4-17(13-16)22-26-29-21(30)14-19(25-23(29)33-22)15-27-9-11-28(12-10-27)34(31,32)20-7-5-18(24)6-8-20/h2-8,13-14H,9-12,15H2,1H3. The number of aryl methyl sites for hydroxylation is 1. The van der Waals surface area contributed by atoms with Gasteiger partial charge in [0, 0.05) is 44.4 Å². The Hall–Kier alpha value is -2.99. The first-order valence-corrected chi connectivity index (χ1v) is 13.0. The summed E-state index contributed by atoms with van der Waals surface area (Å²) in [5.41, 5.74) is 2.43. The fourth-order valence-electron chi connectivity index (χ4n) is 3.94. The Morgan fingerprint density at radius 1 is 1.03 bits per heavy atom. The summed E-state index contributed by atoms with van der Waals surface area (Å²) in [6.07, 6.45) is 0. The van der Waals surface area contributed by atoms with Crippen LogP contribution in [0.25, 0.3) is 15.5 Å². The second kappa shape index (κ2) is 8.99. The molecule has 0 saturated carbocycles. The van der Waals surface area contributed by atoms with Gasteiger partial charge in [0.15, 0.2) is 0 Å². The van der Waals surface area contributed by atoms with Crippen molar-refractivity contribution in [2.75, 3.05) is 26.2 Å². The summed E-state index contributed by atoms with van der Waals surface area (Å²) in [5.74, 6) is -0.476. The van der Waals surface area contributed by atoms with Crippen molar-refractivity contribution in [2.45, 2.75) is 18.4 Å². The van der Waals surface area contributed by atoms with Crippen LogP contribution >= 0.6 is 11.3 Å². The Morgan fingerprint density at radius 3 is 2.47 bits per heavy atom. The van der Waals surface area contributed by atoms with Gasteiger partial charge in [0.1, 0.15) is 10.8 Å². The molecular weight excluding hydrogens is 477 g/mol. The average Bonchev–Trinajstić information content (AvgIpc) is 3.25. The van der Waals surface area contributed by atoms with Crippen molar-refractivity contribution in [1.82, 2.24) is 23.8 Å². The highest BCUT2D eigenvalue weighted by Crippen LogP contribution is 2.25. The molecule has 2 aromatic carbocycles. The highest BCUT2D eigenvalue weighted by molar-refractivity contribution is 7.89. The van der Waals surface area contributed by atoms with E-state index in [-0.39, 0.29) is 10.5 Å². The highest BCUT2D eigenvalue weighted by Gasteiger charge is 2.28. The first-order chi connectivity index (χ1) is 16.3. The molecular formula is C23H22FN5O3S2. The maximum absolute atomic E-state index is 13.2. The molecule has 8 nitrogen and oxygen atoms in total. The van der Waals surface area contributed by atoms with E-state index >= 15 is 0 Å². The second-order valence-corrected chi connectivity index (χ2v) is 11.1. The lowest BCUT2D eigenvalue weighted by Crippen LogP contribution is -2.48. The van der Waals surface area contributed by atoms with Crippen LogP contribution in [0.4, 0.5) is 4.39 Å². The van der Waals surface area contributed by atoms with E-state index < -0.39 is 15.8 Å². The van der Waals surface area contributed by atoms with Gasteiger partial charge in [-0.25, -0.2) is 17.8 Å². The molecule has 176 valence electrons. The van der Waals surface area contributed by atoms with Gasteiger partial charge in [-0.2, -0.15) is 13.9 Å². The maximum Gasteiger partial charge on any atom is 0.275 e. The molecule has 34 heavy (non-hydrogen) atoms. The predicted octanol–water partition coefficient (Wildman–Crippen LogP) is 2.77. The summed E-state index contributed by atoms with van der Waals surface area (Å²) in [6, 6.07) is 14.3. The van der Waals surface area contributed by atoms with Crippen LogP contribution in [-0.4, -0.2) is 58.4 Å². The Labute approximate surface area is 200 Å². The van der Waals surface area contributed by atoms with Crippen molar-refractivity contribution < 1.29 is 12.8 Å². The third-order valence-electron chi connectivity index (χ3n) is 5.73. The molecule has 1 aliphatic rings. The predicted molar refractivity (Wildman–Crippen MR) is 128 cm³/mol. The molecule has 0 amide bonds. The van der Waals surface area contributed by atoms with E-state index in [4.69, 9.17) is 0 Å². The SMILES string of the molecule is Cc1cccc(-c2nn3c(=O)cc(CN4CCN(S(=O)(=O)c5ccc(F)cc5)CC4)nc3s2)c1. The van der Waals surface area contributed by atoms with Gasteiger partial charge in [-0.3, -0.25) is 9.69 Å². The molecule has 4 aromatic rings. The van der Waals surface area contributed by atoms with Gasteiger partial charge in [0.2, 0.25) is 15.0 Å². The first-order valence-electron chi connectivity index (χ1n) is 10.7. The number of sulfonamides is 1. The Morgan fingerprint density at radius 2 is 1.76 bits per heavy atom. The number of aromatic nitrogens is 3. The minimum absolute atomic E-state index is 0.0806. The van der Waals surface area contributed by atoms with Crippen LogP contribution < -0.4 is 5.56 Å². The number of rotatable bonds is 5. The van der Waals surface area contributed by atoms with Crippen molar-refractivity contribution in [3.63, 3.8) is 0 Å². The summed E-state index contributed by atoms with van der Waals surface area (Å²) >= 11 is 1.36. The van der Waals surface area contributed by atoms with E-state index in [0.717, 1.165) is 28.3 Å². The molecule has 2 aromatic heterocycles. The molecule has 11 heteroatoms. The first kappa shape index (κ1) is 22.8. The minimum atomic E-state index is -3.67. The summed E-state index contributed by atoms with van der Waals surface area (Å²) in [7, 11) is -3.67. The van der Waals surface area contributed by atoms with E-state index in [0.29, 0.717) is 43.4 Å². The third kappa shape index (κ3) is 4.51. The van der Waals surface area contributed by atoms with E-state index in [1.807, 2.05) is 31.2 Å². The third-order valence-corrected chi connectivity index (χ3v) is 8.60. The number of fused-ring (bicyclic) bond motifs is 1. The molecule has 3 heterocycles. The van der Waals surface area contributed by atoms with Gasteiger partial charge in [-0.15, -0.1) is 0 Å². The van der Waals surface area contributed by atoms with E-state index in [1.165, 1.54) is 38.4 Å². The van der Waals surface area contributed by atoms with E-state index in [2.05, 4.69) is 15.0 Å². The zero-order valence-corrected chi connectivity index (χ0v) is 20.0. The van der Waals surface area contributed by atoms with Crippen LogP contribution in [0.1, 0.15) is 11.3 Å². The molecule has 1 fully saturated rings. The number of benzene rings is 2. The van der Waals surface area contributed by atoms with Gasteiger partial charge >= 0.3 is 0 Å². The Kier molecular flexibility index (Phi) is 6.02. The van der Waals surface area contributed by atoms with Gasteiger partial charge in [-0.05, 0) is 37.3 Å². The monoisotopic (exact) mass is 499 g/mol. The van der Waals surface area contributed by atoms with Crippen molar-refractivity contribution in [1.29, 1.82) is 0 Å². The van der Waals surface area contributed by atoms with Gasteiger partial charge in [0.25, 0.3) is 5.56 Å². The van der Waals surface area contributed by atoms with Gasteiger partial charge < -0.3 is 0 Å². The molecule has 0 radical (unpaired) electrons. The minimum Gasteiger partial charge on any atom is -0.295 e. The summed E-state index contributed by atoms with van der Waals surface area (Å²) < 4.78 is 41.5. The van der Waals surface area contributed by atoms with Crippen LogP contribution in [0.5, 0.6) is 0 Å². The normalized spacial score (nSPS) is 15.7. The highest BCUT2D eigenvalue weighted by atomic mass is 32.2. The summed E-state index contributed by atoms with van der Waals surface area (Å²) in [6.45, 7) is 4.05. The van der Waals surface area contributed by atoms with Crippen LogP contribution in [0.15, 0.2) is 64.3 Å². The molecule has 5 rings (SSSR count). The fourth-order valence-corrected chi connectivity index (χ4v) is 6.29. The largest absolute Gasteiger partial charge is 0.295 e. The molecule has 0 bridgehead atoms. The lowest BCUT2D eigenvalue weighted by molar-refractivity contribution is 0.180. The van der Waals surface area contributed by atoms with E-state index in [1.54, 1.807) is 0 Å². The van der Waals surface area contributed by atoms with Crippen molar-refractivity contribution >= 4 is 26.3 Å². The Bertz CT molecular complexity index is 1510. The van der Waals surface area contributed by atoms with E-state index in [9.17, 15) is 17.6 Å². The molecule has 0 N–H and O–H groups in total. The quantitative estimate of drug-likeness (QED) is 0.420. The van der Waals surface area contributed by atoms with Gasteiger partial charge in [0.05, 0.1) is 10.6 Å². The lowest BCUT2D eigenvalue weighted by Gasteiger charge is -2.33. The summed E-state index contributed by atoms with van der Waals surface area (Å²) in [5, 5.41) is 5.16. The molecule has 1 saturated heterocycles. The zero-order valence-electron chi connectivity index (χ0n) is 18.4. The van der Waals surface area contributed by atoms with Crippen molar-refractivity contribution in [3.8, 4) is 10.6 Å². The van der Waals surface area contributed by atoms with Crippen molar-refractivity contribution in [3.05, 3.63) is 82.0 Å². The molecule has 0 unspecified atom stereocenters.